The molecule has 8 atom stereocenters. The number of hydrogen-bond donors (Lipinski definition) is 2. The molecular weight excluding hydrogens is 604 g/mol. The lowest BCUT2D eigenvalue weighted by molar-refractivity contribution is -0.149. The number of esters is 2. The van der Waals surface area contributed by atoms with Crippen LogP contribution in [0.4, 0.5) is 0 Å². The van der Waals surface area contributed by atoms with Gasteiger partial charge in [0.05, 0.1) is 51.5 Å². The second-order valence-corrected chi connectivity index (χ2v) is 13.9. The van der Waals surface area contributed by atoms with Gasteiger partial charge in [0.2, 0.25) is 0 Å². The Hall–Kier alpha value is -3.76. The molecule has 0 bridgehead atoms. The maximum atomic E-state index is 13.2. The van der Waals surface area contributed by atoms with Crippen molar-refractivity contribution >= 4 is 23.5 Å². The van der Waals surface area contributed by atoms with E-state index in [0.29, 0.717) is 80.4 Å². The van der Waals surface area contributed by atoms with Crippen molar-refractivity contribution in [1.29, 1.82) is 0 Å². The molecule has 10 nitrogen and oxygen atoms in total. The number of carbonyl (C=O) groups excluding carboxylic acids is 4. The highest BCUT2D eigenvalue weighted by Gasteiger charge is 2.63. The summed E-state index contributed by atoms with van der Waals surface area (Å²) in [6, 6.07) is 13.7. The minimum atomic E-state index is -0.744. The van der Waals surface area contributed by atoms with Crippen molar-refractivity contribution in [1.82, 2.24) is 0 Å². The van der Waals surface area contributed by atoms with E-state index in [2.05, 4.69) is 0 Å². The molecule has 0 aliphatic heterocycles. The van der Waals surface area contributed by atoms with E-state index in [-0.39, 0.29) is 59.4 Å². The molecule has 4 aliphatic carbocycles. The van der Waals surface area contributed by atoms with Gasteiger partial charge in [-0.3, -0.25) is 19.2 Å². The van der Waals surface area contributed by atoms with Crippen LogP contribution in [0.2, 0.25) is 0 Å². The standard InChI is InChI=1S/C37H44O10/c1-44-24-8-4-22(5-9-24)32(40)26-18-36(14-12-30(26)38)20-28(36)34(42)46-16-3-17-47-35(43)29-21-37(29)15-13-31(39)27(19-37)33(41)23-6-10-25(45-2)11-7-23/h4-11,26-31,38-39H,3,12-21H2,1-2H3. The van der Waals surface area contributed by atoms with Crippen LogP contribution in [0.25, 0.3) is 0 Å². The first kappa shape index (κ1) is 33.2. The predicted molar refractivity (Wildman–Crippen MR) is 169 cm³/mol. The van der Waals surface area contributed by atoms with Crippen molar-refractivity contribution < 1.29 is 48.3 Å². The van der Waals surface area contributed by atoms with Gasteiger partial charge in [-0.25, -0.2) is 0 Å². The number of Topliss-reactive ketones (excluding diaryl/α,β-unsaturated/α-hetero) is 2. The number of aliphatic hydroxyl groups excluding tert-OH is 2. The van der Waals surface area contributed by atoms with Crippen LogP contribution < -0.4 is 9.47 Å². The molecule has 0 amide bonds. The van der Waals surface area contributed by atoms with E-state index in [4.69, 9.17) is 18.9 Å². The molecule has 0 aromatic heterocycles. The number of aliphatic hydroxyl groups is 2. The lowest BCUT2D eigenvalue weighted by Gasteiger charge is -2.33. The molecule has 2 aromatic rings. The summed E-state index contributed by atoms with van der Waals surface area (Å²) in [6.07, 6.45) is 3.32. The van der Waals surface area contributed by atoms with Crippen LogP contribution >= 0.6 is 0 Å². The molecule has 2 N–H and O–H groups in total. The summed E-state index contributed by atoms with van der Waals surface area (Å²) in [4.78, 5) is 52.2. The summed E-state index contributed by atoms with van der Waals surface area (Å²) >= 11 is 0. The van der Waals surface area contributed by atoms with Gasteiger partial charge in [-0.15, -0.1) is 0 Å². The van der Waals surface area contributed by atoms with Gasteiger partial charge in [0.15, 0.2) is 11.6 Å². The van der Waals surface area contributed by atoms with Gasteiger partial charge in [-0.1, -0.05) is 0 Å². The third-order valence-electron chi connectivity index (χ3n) is 11.2. The van der Waals surface area contributed by atoms with Gasteiger partial charge in [0, 0.05) is 29.4 Å². The van der Waals surface area contributed by atoms with Gasteiger partial charge >= 0.3 is 11.9 Å². The fraction of sp³-hybridized carbons (Fsp3) is 0.568. The Morgan fingerprint density at radius 2 is 1.02 bits per heavy atom. The number of hydrogen-bond acceptors (Lipinski definition) is 10. The smallest absolute Gasteiger partial charge is 0.309 e. The molecule has 4 saturated carbocycles. The summed E-state index contributed by atoms with van der Waals surface area (Å²) in [7, 11) is 3.12. The highest BCUT2D eigenvalue weighted by molar-refractivity contribution is 5.99. The zero-order valence-electron chi connectivity index (χ0n) is 27.0. The summed E-state index contributed by atoms with van der Waals surface area (Å²) in [5, 5.41) is 21.3. The first-order valence-corrected chi connectivity index (χ1v) is 16.7. The van der Waals surface area contributed by atoms with E-state index < -0.39 is 24.0 Å². The Balaban J connectivity index is 0.923. The van der Waals surface area contributed by atoms with E-state index in [1.165, 1.54) is 0 Å². The van der Waals surface area contributed by atoms with Gasteiger partial charge in [0.1, 0.15) is 11.5 Å². The minimum Gasteiger partial charge on any atom is -0.497 e. The van der Waals surface area contributed by atoms with E-state index in [1.807, 2.05) is 0 Å². The zero-order chi connectivity index (χ0) is 33.3. The topological polar surface area (TPSA) is 146 Å². The predicted octanol–water partition coefficient (Wildman–Crippen LogP) is 4.58. The van der Waals surface area contributed by atoms with Crippen molar-refractivity contribution in [3.63, 3.8) is 0 Å². The average molecular weight is 649 g/mol. The molecule has 0 radical (unpaired) electrons. The molecule has 8 unspecified atom stereocenters. The molecule has 252 valence electrons. The first-order valence-electron chi connectivity index (χ1n) is 16.7. The molecule has 0 saturated heterocycles. The third-order valence-corrected chi connectivity index (χ3v) is 11.2. The molecule has 4 fully saturated rings. The van der Waals surface area contributed by atoms with E-state index in [0.717, 1.165) is 0 Å². The SMILES string of the molecule is COc1ccc(C(=O)C2CC3(CCC2O)CC3C(=O)OCCCOC(=O)C2CC23CCC(O)C(C(=O)c2ccc(OC)cc2)C3)cc1. The molecular formula is C37H44O10. The van der Waals surface area contributed by atoms with Gasteiger partial charge in [0.25, 0.3) is 0 Å². The second-order valence-electron chi connectivity index (χ2n) is 13.9. The van der Waals surface area contributed by atoms with Crippen LogP contribution in [0.5, 0.6) is 11.5 Å². The quantitative estimate of drug-likeness (QED) is 0.191. The van der Waals surface area contributed by atoms with Crippen LogP contribution in [0.3, 0.4) is 0 Å². The van der Waals surface area contributed by atoms with Crippen LogP contribution in [-0.4, -0.2) is 73.4 Å². The highest BCUT2D eigenvalue weighted by Crippen LogP contribution is 2.64. The zero-order valence-corrected chi connectivity index (χ0v) is 27.0. The number of methoxy groups -OCH3 is 2. The lowest BCUT2D eigenvalue weighted by Crippen LogP contribution is -2.37. The van der Waals surface area contributed by atoms with E-state index >= 15 is 0 Å². The van der Waals surface area contributed by atoms with Crippen molar-refractivity contribution in [3.05, 3.63) is 59.7 Å². The average Bonchev–Trinajstić information content (AvgIpc) is 4.00. The lowest BCUT2D eigenvalue weighted by atomic mass is 9.73. The number of benzene rings is 2. The molecule has 2 aromatic carbocycles. The first-order chi connectivity index (χ1) is 22.6. The van der Waals surface area contributed by atoms with Crippen molar-refractivity contribution in [2.75, 3.05) is 27.4 Å². The van der Waals surface area contributed by atoms with Crippen LogP contribution in [0, 0.1) is 34.5 Å². The van der Waals surface area contributed by atoms with Crippen molar-refractivity contribution in [2.45, 2.75) is 70.0 Å². The number of ketones is 2. The number of carbonyl (C=O) groups is 4. The van der Waals surface area contributed by atoms with Crippen LogP contribution in [0.15, 0.2) is 48.5 Å². The number of rotatable bonds is 12. The molecule has 0 heterocycles. The molecule has 6 rings (SSSR count). The van der Waals surface area contributed by atoms with Gasteiger partial charge in [-0.2, -0.15) is 0 Å². The Morgan fingerprint density at radius 3 is 1.38 bits per heavy atom. The second kappa shape index (κ2) is 13.4. The normalized spacial score (nSPS) is 32.3. The summed E-state index contributed by atoms with van der Waals surface area (Å²) in [6.45, 7) is 0.242. The fourth-order valence-corrected chi connectivity index (χ4v) is 8.07. The molecule has 47 heavy (non-hydrogen) atoms. The fourth-order valence-electron chi connectivity index (χ4n) is 8.07. The van der Waals surface area contributed by atoms with Crippen molar-refractivity contribution in [2.24, 2.45) is 34.5 Å². The molecule has 10 heteroatoms. The highest BCUT2D eigenvalue weighted by atomic mass is 16.5. The Kier molecular flexibility index (Phi) is 9.45. The largest absolute Gasteiger partial charge is 0.497 e. The van der Waals surface area contributed by atoms with Crippen molar-refractivity contribution in [3.8, 4) is 11.5 Å². The monoisotopic (exact) mass is 648 g/mol. The maximum Gasteiger partial charge on any atom is 0.309 e. The maximum absolute atomic E-state index is 13.2. The van der Waals surface area contributed by atoms with E-state index in [1.54, 1.807) is 62.8 Å². The Labute approximate surface area is 274 Å². The third kappa shape index (κ3) is 6.81. The Bertz CT molecular complexity index is 1370. The summed E-state index contributed by atoms with van der Waals surface area (Å²) in [5.74, 6) is -1.30. The van der Waals surface area contributed by atoms with Gasteiger partial charge < -0.3 is 29.2 Å². The summed E-state index contributed by atoms with van der Waals surface area (Å²) < 4.78 is 21.4. The van der Waals surface area contributed by atoms with Gasteiger partial charge in [-0.05, 0) is 111 Å². The van der Waals surface area contributed by atoms with Crippen LogP contribution in [-0.2, 0) is 19.1 Å². The molecule has 4 aliphatic rings. The summed E-state index contributed by atoms with van der Waals surface area (Å²) in [5.41, 5.74) is 0.383. The van der Waals surface area contributed by atoms with Crippen LogP contribution in [0.1, 0.15) is 78.5 Å². The molecule has 2 spiro atoms. The minimum absolute atomic E-state index is 0.121. The Morgan fingerprint density at radius 1 is 0.638 bits per heavy atom. The number of ether oxygens (including phenoxy) is 4. The van der Waals surface area contributed by atoms with E-state index in [9.17, 15) is 29.4 Å².